The molecule has 1 heterocycles. The smallest absolute Gasteiger partial charge is 0.362 e. The van der Waals surface area contributed by atoms with Gasteiger partial charge in [-0.05, 0) is 38.1 Å². The number of carboxylic acid groups (broad SMARTS) is 1. The standard InChI is InChI=1S/C17H19O6P/c1-3-22-24(20,23-4-2)16(12-13-8-7-11-21-13)14-9-5-6-10-15(14)17(18)19/h5-12H,3-4H2,1-2H3,(H,18,19)/b16-12+. The quantitative estimate of drug-likeness (QED) is 0.692. The summed E-state index contributed by atoms with van der Waals surface area (Å²) < 4.78 is 29.3. The molecular formula is C17H19O6P. The van der Waals surface area contributed by atoms with Crippen LogP contribution < -0.4 is 0 Å². The molecule has 0 aliphatic carbocycles. The van der Waals surface area contributed by atoms with Crippen LogP contribution in [0, 0.1) is 0 Å². The Morgan fingerprint density at radius 3 is 2.25 bits per heavy atom. The number of benzene rings is 1. The average molecular weight is 350 g/mol. The third kappa shape index (κ3) is 4.03. The third-order valence-electron chi connectivity index (χ3n) is 3.15. The highest BCUT2D eigenvalue weighted by Crippen LogP contribution is 2.61. The summed E-state index contributed by atoms with van der Waals surface area (Å²) in [6.45, 7) is 3.70. The van der Waals surface area contributed by atoms with Gasteiger partial charge in [0.05, 0.1) is 30.4 Å². The molecule has 0 aliphatic rings. The summed E-state index contributed by atoms with van der Waals surface area (Å²) in [7, 11) is -3.72. The van der Waals surface area contributed by atoms with Crippen LogP contribution in [0.2, 0.25) is 0 Å². The molecule has 1 aromatic carbocycles. The minimum atomic E-state index is -3.72. The predicted octanol–water partition coefficient (Wildman–Crippen LogP) is 4.74. The molecule has 0 saturated heterocycles. The number of hydrogen-bond acceptors (Lipinski definition) is 5. The molecule has 1 aromatic heterocycles. The van der Waals surface area contributed by atoms with Crippen molar-refractivity contribution in [1.82, 2.24) is 0 Å². The van der Waals surface area contributed by atoms with Gasteiger partial charge in [-0.1, -0.05) is 18.2 Å². The Kier molecular flexibility index (Phi) is 6.15. The predicted molar refractivity (Wildman–Crippen MR) is 90.8 cm³/mol. The SMILES string of the molecule is CCOP(=O)(OCC)/C(=C/c1ccco1)c1ccccc1C(=O)O. The molecule has 7 heteroatoms. The molecule has 1 N–H and O–H groups in total. The number of furan rings is 1. The summed E-state index contributed by atoms with van der Waals surface area (Å²) in [5.41, 5.74) is 0.279. The molecule has 2 aromatic rings. The van der Waals surface area contributed by atoms with Gasteiger partial charge in [-0.3, -0.25) is 4.57 Å². The van der Waals surface area contributed by atoms with E-state index in [1.54, 1.807) is 44.2 Å². The molecule has 128 valence electrons. The van der Waals surface area contributed by atoms with E-state index in [1.165, 1.54) is 18.4 Å². The maximum absolute atomic E-state index is 13.3. The summed E-state index contributed by atoms with van der Waals surface area (Å²) in [5.74, 6) is -0.708. The van der Waals surface area contributed by atoms with Crippen LogP contribution in [0.5, 0.6) is 0 Å². The van der Waals surface area contributed by atoms with Crippen LogP contribution in [0.4, 0.5) is 0 Å². The second-order valence-corrected chi connectivity index (χ2v) is 6.72. The topological polar surface area (TPSA) is 86.0 Å². The van der Waals surface area contributed by atoms with E-state index in [1.807, 2.05) is 0 Å². The first kappa shape index (κ1) is 18.2. The van der Waals surface area contributed by atoms with Crippen molar-refractivity contribution >= 4 is 25.0 Å². The molecule has 0 atom stereocenters. The number of carboxylic acids is 1. The van der Waals surface area contributed by atoms with E-state index in [0.29, 0.717) is 5.76 Å². The lowest BCUT2D eigenvalue weighted by atomic mass is 10.1. The highest BCUT2D eigenvalue weighted by Gasteiger charge is 2.33. The fourth-order valence-corrected chi connectivity index (χ4v) is 4.03. The molecule has 0 aliphatic heterocycles. The zero-order valence-electron chi connectivity index (χ0n) is 13.5. The summed E-state index contributed by atoms with van der Waals surface area (Å²) in [5, 5.41) is 9.60. The lowest BCUT2D eigenvalue weighted by Crippen LogP contribution is -2.05. The first-order valence-corrected chi connectivity index (χ1v) is 9.03. The van der Waals surface area contributed by atoms with E-state index >= 15 is 0 Å². The third-order valence-corrected chi connectivity index (χ3v) is 5.31. The van der Waals surface area contributed by atoms with Gasteiger partial charge in [0.1, 0.15) is 5.76 Å². The maximum atomic E-state index is 13.3. The molecule has 0 fully saturated rings. The molecule has 0 radical (unpaired) electrons. The van der Waals surface area contributed by atoms with Crippen molar-refractivity contribution < 1.29 is 27.9 Å². The van der Waals surface area contributed by atoms with Crippen molar-refractivity contribution in [3.8, 4) is 0 Å². The summed E-state index contributed by atoms with van der Waals surface area (Å²) in [6.07, 6.45) is 2.96. The van der Waals surface area contributed by atoms with Gasteiger partial charge in [-0.25, -0.2) is 4.79 Å². The lowest BCUT2D eigenvalue weighted by Gasteiger charge is -2.21. The Bertz CT molecular complexity index is 753. The van der Waals surface area contributed by atoms with Gasteiger partial charge < -0.3 is 18.6 Å². The van der Waals surface area contributed by atoms with Crippen LogP contribution in [0.1, 0.15) is 35.5 Å². The van der Waals surface area contributed by atoms with Crippen molar-refractivity contribution in [2.45, 2.75) is 13.8 Å². The van der Waals surface area contributed by atoms with Crippen LogP contribution in [-0.4, -0.2) is 24.3 Å². The van der Waals surface area contributed by atoms with Crippen molar-refractivity contribution in [2.24, 2.45) is 0 Å². The number of rotatable bonds is 8. The molecule has 0 spiro atoms. The highest BCUT2D eigenvalue weighted by molar-refractivity contribution is 7.65. The Morgan fingerprint density at radius 2 is 1.75 bits per heavy atom. The average Bonchev–Trinajstić information content (AvgIpc) is 3.06. The Labute approximate surface area is 140 Å². The largest absolute Gasteiger partial charge is 0.478 e. The zero-order chi connectivity index (χ0) is 17.6. The van der Waals surface area contributed by atoms with Crippen LogP contribution in [0.15, 0.2) is 47.1 Å². The van der Waals surface area contributed by atoms with Crippen LogP contribution in [-0.2, 0) is 13.6 Å². The summed E-state index contributed by atoms with van der Waals surface area (Å²) >= 11 is 0. The monoisotopic (exact) mass is 350 g/mol. The molecule has 2 rings (SSSR count). The molecule has 0 saturated carbocycles. The number of hydrogen-bond donors (Lipinski definition) is 1. The Balaban J connectivity index is 2.69. The van der Waals surface area contributed by atoms with Crippen molar-refractivity contribution in [1.29, 1.82) is 0 Å². The van der Waals surface area contributed by atoms with Gasteiger partial charge in [-0.15, -0.1) is 0 Å². The molecule has 6 nitrogen and oxygen atoms in total. The molecular weight excluding hydrogens is 331 g/mol. The Morgan fingerprint density at radius 1 is 1.12 bits per heavy atom. The van der Waals surface area contributed by atoms with Gasteiger partial charge in [0.2, 0.25) is 0 Å². The first-order valence-electron chi connectivity index (χ1n) is 7.49. The number of carbonyl (C=O) groups is 1. The van der Waals surface area contributed by atoms with Gasteiger partial charge in [0.15, 0.2) is 0 Å². The fourth-order valence-electron chi connectivity index (χ4n) is 2.22. The first-order chi connectivity index (χ1) is 11.5. The van der Waals surface area contributed by atoms with Crippen molar-refractivity contribution in [3.05, 3.63) is 59.5 Å². The normalized spacial score (nSPS) is 12.3. The maximum Gasteiger partial charge on any atom is 0.362 e. The molecule has 0 amide bonds. The van der Waals surface area contributed by atoms with Gasteiger partial charge in [0.25, 0.3) is 0 Å². The molecule has 0 unspecified atom stereocenters. The summed E-state index contributed by atoms with van der Waals surface area (Å²) in [4.78, 5) is 11.5. The number of aromatic carboxylic acids is 1. The van der Waals surface area contributed by atoms with Crippen LogP contribution in [0.3, 0.4) is 0 Å². The van der Waals surface area contributed by atoms with Gasteiger partial charge in [0, 0.05) is 5.56 Å². The Hall–Kier alpha value is -2.14. The zero-order valence-corrected chi connectivity index (χ0v) is 14.4. The van der Waals surface area contributed by atoms with Crippen molar-refractivity contribution in [2.75, 3.05) is 13.2 Å². The highest BCUT2D eigenvalue weighted by atomic mass is 31.2. The molecule has 0 bridgehead atoms. The van der Waals surface area contributed by atoms with Gasteiger partial charge in [-0.2, -0.15) is 0 Å². The van der Waals surface area contributed by atoms with E-state index in [9.17, 15) is 14.5 Å². The lowest BCUT2D eigenvalue weighted by molar-refractivity contribution is 0.0696. The van der Waals surface area contributed by atoms with E-state index in [-0.39, 0.29) is 29.7 Å². The van der Waals surface area contributed by atoms with Crippen LogP contribution in [0.25, 0.3) is 11.4 Å². The minimum Gasteiger partial charge on any atom is -0.478 e. The van der Waals surface area contributed by atoms with Crippen LogP contribution >= 0.6 is 7.60 Å². The second-order valence-electron chi connectivity index (χ2n) is 4.73. The van der Waals surface area contributed by atoms with E-state index < -0.39 is 13.6 Å². The second kappa shape index (κ2) is 8.11. The van der Waals surface area contributed by atoms with Crippen molar-refractivity contribution in [3.63, 3.8) is 0 Å². The van der Waals surface area contributed by atoms with E-state index in [0.717, 1.165) is 0 Å². The molecule has 24 heavy (non-hydrogen) atoms. The fraction of sp³-hybridized carbons (Fsp3) is 0.235. The minimum absolute atomic E-state index is 0.00920. The van der Waals surface area contributed by atoms with Gasteiger partial charge >= 0.3 is 13.6 Å². The van der Waals surface area contributed by atoms with E-state index in [2.05, 4.69) is 0 Å². The van der Waals surface area contributed by atoms with E-state index in [4.69, 9.17) is 13.5 Å². The summed E-state index contributed by atoms with van der Waals surface area (Å²) in [6, 6.07) is 9.63.